The predicted molar refractivity (Wildman–Crippen MR) is 88.7 cm³/mol. The Hall–Kier alpha value is -2.76. The number of aromatic nitrogens is 2. The molecule has 0 radical (unpaired) electrons. The first-order valence-corrected chi connectivity index (χ1v) is 7.91. The molecule has 0 saturated carbocycles. The molecule has 1 N–H and O–H groups in total. The first kappa shape index (κ1) is 16.1. The fourth-order valence-electron chi connectivity index (χ4n) is 3.12. The van der Waals surface area contributed by atoms with Crippen molar-refractivity contribution in [3.63, 3.8) is 0 Å². The number of nitrogens with one attached hydrogen (secondary N) is 1. The molecule has 1 fully saturated rings. The molecular weight excluding hydrogens is 304 g/mol. The van der Waals surface area contributed by atoms with Gasteiger partial charge in [0.05, 0.1) is 24.2 Å². The minimum Gasteiger partial charge on any atom is -0.350 e. The maximum absolute atomic E-state index is 12.7. The van der Waals surface area contributed by atoms with Crippen molar-refractivity contribution in [2.24, 2.45) is 5.92 Å². The number of amides is 2. The van der Waals surface area contributed by atoms with Gasteiger partial charge in [0.25, 0.3) is 0 Å². The molecule has 2 aromatic heterocycles. The molecular formula is C18H20N4O2. The van der Waals surface area contributed by atoms with Crippen LogP contribution in [-0.2, 0) is 16.1 Å². The average Bonchev–Trinajstić information content (AvgIpc) is 2.90. The van der Waals surface area contributed by atoms with Crippen LogP contribution in [0, 0.1) is 12.8 Å². The second kappa shape index (κ2) is 6.78. The first-order valence-electron chi connectivity index (χ1n) is 7.91. The zero-order chi connectivity index (χ0) is 17.1. The van der Waals surface area contributed by atoms with E-state index in [0.29, 0.717) is 6.54 Å². The maximum atomic E-state index is 12.7. The molecule has 3 heterocycles. The van der Waals surface area contributed by atoms with E-state index >= 15 is 0 Å². The summed E-state index contributed by atoms with van der Waals surface area (Å²) in [6.07, 6.45) is 5.31. The van der Waals surface area contributed by atoms with Gasteiger partial charge in [-0.05, 0) is 30.2 Å². The quantitative estimate of drug-likeness (QED) is 0.927. The molecule has 0 spiro atoms. The van der Waals surface area contributed by atoms with Crippen LogP contribution in [0.4, 0.5) is 0 Å². The van der Waals surface area contributed by atoms with Crippen molar-refractivity contribution in [3.05, 3.63) is 59.7 Å². The summed E-state index contributed by atoms with van der Waals surface area (Å²) in [7, 11) is 1.73. The maximum Gasteiger partial charge on any atom is 0.226 e. The van der Waals surface area contributed by atoms with E-state index in [4.69, 9.17) is 0 Å². The highest BCUT2D eigenvalue weighted by atomic mass is 16.2. The van der Waals surface area contributed by atoms with Gasteiger partial charge in [-0.25, -0.2) is 0 Å². The summed E-state index contributed by atoms with van der Waals surface area (Å²) in [5, 5.41) is 2.92. The summed E-state index contributed by atoms with van der Waals surface area (Å²) in [5.41, 5.74) is 2.74. The highest BCUT2D eigenvalue weighted by Gasteiger charge is 2.42. The molecule has 2 aromatic rings. The van der Waals surface area contributed by atoms with Crippen LogP contribution in [0.5, 0.6) is 0 Å². The van der Waals surface area contributed by atoms with Gasteiger partial charge >= 0.3 is 0 Å². The van der Waals surface area contributed by atoms with Crippen molar-refractivity contribution in [1.29, 1.82) is 0 Å². The lowest BCUT2D eigenvalue weighted by molar-refractivity contribution is -0.128. The Kier molecular flexibility index (Phi) is 4.55. The van der Waals surface area contributed by atoms with Crippen LogP contribution in [0.15, 0.2) is 42.9 Å². The molecule has 0 bridgehead atoms. The molecule has 2 atom stereocenters. The van der Waals surface area contributed by atoms with Crippen molar-refractivity contribution in [2.45, 2.75) is 25.9 Å². The molecule has 24 heavy (non-hydrogen) atoms. The van der Waals surface area contributed by atoms with E-state index in [0.717, 1.165) is 16.8 Å². The Morgan fingerprint density at radius 3 is 2.83 bits per heavy atom. The van der Waals surface area contributed by atoms with Crippen LogP contribution in [-0.4, -0.2) is 33.7 Å². The summed E-state index contributed by atoms with van der Waals surface area (Å²) in [5.74, 6) is -0.583. The number of carbonyl (C=O) groups excluding carboxylic acids is 2. The highest BCUT2D eigenvalue weighted by molar-refractivity contribution is 5.90. The first-order chi connectivity index (χ1) is 11.6. The molecule has 1 aliphatic heterocycles. The molecule has 6 heteroatoms. The normalized spacial score (nSPS) is 20.2. The van der Waals surface area contributed by atoms with Crippen molar-refractivity contribution in [3.8, 4) is 0 Å². The number of nitrogens with zero attached hydrogens (tertiary/aromatic N) is 3. The van der Waals surface area contributed by atoms with Crippen LogP contribution < -0.4 is 5.32 Å². The monoisotopic (exact) mass is 324 g/mol. The van der Waals surface area contributed by atoms with Crippen molar-refractivity contribution in [2.75, 3.05) is 7.05 Å². The predicted octanol–water partition coefficient (Wildman–Crippen LogP) is 1.62. The Balaban J connectivity index is 1.75. The number of carbonyl (C=O) groups is 2. The van der Waals surface area contributed by atoms with E-state index < -0.39 is 5.92 Å². The van der Waals surface area contributed by atoms with Gasteiger partial charge in [0, 0.05) is 32.1 Å². The van der Waals surface area contributed by atoms with Crippen LogP contribution in [0.2, 0.25) is 0 Å². The minimum atomic E-state index is -0.421. The summed E-state index contributed by atoms with van der Waals surface area (Å²) in [4.78, 5) is 34.8. The van der Waals surface area contributed by atoms with Crippen molar-refractivity contribution < 1.29 is 9.59 Å². The molecule has 0 aliphatic carbocycles. The van der Waals surface area contributed by atoms with E-state index in [1.54, 1.807) is 30.5 Å². The molecule has 3 rings (SSSR count). The van der Waals surface area contributed by atoms with Gasteiger partial charge in [0.15, 0.2) is 0 Å². The third-order valence-electron chi connectivity index (χ3n) is 4.50. The van der Waals surface area contributed by atoms with E-state index in [1.165, 1.54) is 0 Å². The lowest BCUT2D eigenvalue weighted by Crippen LogP contribution is -2.34. The van der Waals surface area contributed by atoms with E-state index in [9.17, 15) is 9.59 Å². The highest BCUT2D eigenvalue weighted by Crippen LogP contribution is 2.36. The van der Waals surface area contributed by atoms with Crippen molar-refractivity contribution in [1.82, 2.24) is 20.2 Å². The number of aryl methyl sites for hydroxylation is 1. The zero-order valence-corrected chi connectivity index (χ0v) is 13.8. The van der Waals surface area contributed by atoms with E-state index in [-0.39, 0.29) is 24.3 Å². The Labute approximate surface area is 140 Å². The second-order valence-corrected chi connectivity index (χ2v) is 6.03. The van der Waals surface area contributed by atoms with Gasteiger partial charge in [-0.15, -0.1) is 0 Å². The number of rotatable bonds is 4. The number of likely N-dealkylation sites (tertiary alicyclic amines) is 1. The summed E-state index contributed by atoms with van der Waals surface area (Å²) in [6, 6.07) is 7.26. The van der Waals surface area contributed by atoms with E-state index in [2.05, 4.69) is 15.3 Å². The number of pyridine rings is 2. The summed E-state index contributed by atoms with van der Waals surface area (Å²) in [6.45, 7) is 2.32. The molecule has 0 unspecified atom stereocenters. The minimum absolute atomic E-state index is 0.0296. The Bertz CT molecular complexity index is 748. The summed E-state index contributed by atoms with van der Waals surface area (Å²) >= 11 is 0. The Morgan fingerprint density at radius 1 is 1.33 bits per heavy atom. The number of hydrogen-bond acceptors (Lipinski definition) is 4. The third-order valence-corrected chi connectivity index (χ3v) is 4.50. The fourth-order valence-corrected chi connectivity index (χ4v) is 3.12. The van der Waals surface area contributed by atoms with Crippen LogP contribution in [0.3, 0.4) is 0 Å². The molecule has 6 nitrogen and oxygen atoms in total. The van der Waals surface area contributed by atoms with Crippen LogP contribution in [0.25, 0.3) is 0 Å². The molecule has 1 aliphatic rings. The smallest absolute Gasteiger partial charge is 0.226 e. The van der Waals surface area contributed by atoms with Gasteiger partial charge in [-0.1, -0.05) is 12.1 Å². The fraction of sp³-hybridized carbons (Fsp3) is 0.333. The largest absolute Gasteiger partial charge is 0.350 e. The van der Waals surface area contributed by atoms with Gasteiger partial charge in [0.1, 0.15) is 0 Å². The standard InChI is InChI=1S/C18H20N4O2/c1-12-5-3-8-20-15(12)11-21-18(24)14-9-16(23)22(2)17(14)13-6-4-7-19-10-13/h3-8,10,14,17H,9,11H2,1-2H3,(H,21,24)/t14-,17+/m0/s1. The summed E-state index contributed by atoms with van der Waals surface area (Å²) < 4.78 is 0. The van der Waals surface area contributed by atoms with Gasteiger partial charge < -0.3 is 10.2 Å². The van der Waals surface area contributed by atoms with Crippen LogP contribution in [0.1, 0.15) is 29.3 Å². The zero-order valence-electron chi connectivity index (χ0n) is 13.8. The van der Waals surface area contributed by atoms with Crippen molar-refractivity contribution >= 4 is 11.8 Å². The average molecular weight is 324 g/mol. The molecule has 0 aromatic carbocycles. The molecule has 2 amide bonds. The van der Waals surface area contributed by atoms with Gasteiger partial charge in [-0.3, -0.25) is 19.6 Å². The van der Waals surface area contributed by atoms with E-state index in [1.807, 2.05) is 31.2 Å². The second-order valence-electron chi connectivity index (χ2n) is 6.03. The third kappa shape index (κ3) is 3.13. The topological polar surface area (TPSA) is 75.2 Å². The number of hydrogen-bond donors (Lipinski definition) is 1. The SMILES string of the molecule is Cc1cccnc1CNC(=O)[C@H]1CC(=O)N(C)[C@@H]1c1cccnc1. The van der Waals surface area contributed by atoms with Crippen LogP contribution >= 0.6 is 0 Å². The lowest BCUT2D eigenvalue weighted by Gasteiger charge is -2.24. The molecule has 1 saturated heterocycles. The lowest BCUT2D eigenvalue weighted by atomic mass is 9.94. The van der Waals surface area contributed by atoms with Gasteiger partial charge in [-0.2, -0.15) is 0 Å². The molecule has 124 valence electrons. The van der Waals surface area contributed by atoms with Gasteiger partial charge in [0.2, 0.25) is 11.8 Å². The Morgan fingerprint density at radius 2 is 2.12 bits per heavy atom.